The average Bonchev–Trinajstić information content (AvgIpc) is 3.51. The molecule has 1 fully saturated rings. The molecule has 7 nitrogen and oxygen atoms in total. The number of thiophene rings is 1. The second-order valence-corrected chi connectivity index (χ2v) is 9.33. The molecule has 164 valence electrons. The van der Waals surface area contributed by atoms with Gasteiger partial charge < -0.3 is 14.7 Å². The lowest BCUT2D eigenvalue weighted by Gasteiger charge is -2.25. The molecule has 0 aliphatic carbocycles. The highest BCUT2D eigenvalue weighted by Crippen LogP contribution is 2.34. The zero-order valence-electron chi connectivity index (χ0n) is 18.2. The van der Waals surface area contributed by atoms with Crippen LogP contribution in [-0.2, 0) is 17.6 Å². The van der Waals surface area contributed by atoms with E-state index in [0.717, 1.165) is 39.9 Å². The number of aromatic nitrogens is 2. The Balaban J connectivity index is 1.48. The first-order valence-electron chi connectivity index (χ1n) is 10.8. The first-order valence-corrected chi connectivity index (χ1v) is 11.6. The number of carbonyl (C=O) groups is 2. The predicted molar refractivity (Wildman–Crippen MR) is 120 cm³/mol. The first-order chi connectivity index (χ1) is 15.0. The maximum Gasteiger partial charge on any atom is 0.261 e. The number of rotatable bonds is 7. The Bertz CT molecular complexity index is 1090. The number of fused-ring (bicyclic) bond motifs is 1. The quantitative estimate of drug-likeness (QED) is 0.601. The maximum absolute atomic E-state index is 13.0. The zero-order chi connectivity index (χ0) is 22.0. The van der Waals surface area contributed by atoms with Crippen molar-refractivity contribution in [1.29, 1.82) is 0 Å². The van der Waals surface area contributed by atoms with E-state index in [9.17, 15) is 9.59 Å². The van der Waals surface area contributed by atoms with Gasteiger partial charge in [-0.15, -0.1) is 11.3 Å². The molecule has 1 atom stereocenters. The Hall–Kier alpha value is -2.74. The van der Waals surface area contributed by atoms with Crippen molar-refractivity contribution in [3.05, 3.63) is 46.4 Å². The van der Waals surface area contributed by atoms with Crippen molar-refractivity contribution >= 4 is 33.2 Å². The Morgan fingerprint density at radius 1 is 1.32 bits per heavy atom. The molecule has 0 spiro atoms. The highest BCUT2D eigenvalue weighted by Gasteiger charge is 2.31. The van der Waals surface area contributed by atoms with E-state index in [4.69, 9.17) is 4.52 Å². The van der Waals surface area contributed by atoms with E-state index in [1.165, 1.54) is 11.3 Å². The highest BCUT2D eigenvalue weighted by atomic mass is 32.1. The fourth-order valence-electron chi connectivity index (χ4n) is 4.17. The summed E-state index contributed by atoms with van der Waals surface area (Å²) in [5, 5.41) is 7.84. The van der Waals surface area contributed by atoms with Gasteiger partial charge in [-0.2, -0.15) is 4.98 Å². The predicted octanol–water partition coefficient (Wildman–Crippen LogP) is 3.93. The smallest absolute Gasteiger partial charge is 0.261 e. The van der Waals surface area contributed by atoms with Crippen molar-refractivity contribution in [2.75, 3.05) is 13.6 Å². The molecule has 8 heteroatoms. The molecule has 4 rings (SSSR count). The second-order valence-electron chi connectivity index (χ2n) is 8.27. The minimum atomic E-state index is -0.0653. The summed E-state index contributed by atoms with van der Waals surface area (Å²) >= 11 is 1.52. The van der Waals surface area contributed by atoms with Crippen LogP contribution in [0.4, 0.5) is 0 Å². The second kappa shape index (κ2) is 9.18. The molecule has 1 saturated heterocycles. The lowest BCUT2D eigenvalue weighted by molar-refractivity contribution is -0.132. The fourth-order valence-corrected chi connectivity index (χ4v) is 5.35. The van der Waals surface area contributed by atoms with Gasteiger partial charge in [0.2, 0.25) is 11.8 Å². The van der Waals surface area contributed by atoms with Crippen molar-refractivity contribution in [3.63, 3.8) is 0 Å². The van der Waals surface area contributed by atoms with Gasteiger partial charge in [0.1, 0.15) is 0 Å². The zero-order valence-corrected chi connectivity index (χ0v) is 19.0. The van der Waals surface area contributed by atoms with E-state index < -0.39 is 0 Å². The van der Waals surface area contributed by atoms with Crippen LogP contribution < -0.4 is 5.32 Å². The maximum atomic E-state index is 13.0. The summed E-state index contributed by atoms with van der Waals surface area (Å²) in [6.45, 7) is 4.77. The van der Waals surface area contributed by atoms with Gasteiger partial charge in [0.25, 0.3) is 5.91 Å². The van der Waals surface area contributed by atoms with E-state index >= 15 is 0 Å². The van der Waals surface area contributed by atoms with Crippen LogP contribution >= 0.6 is 11.3 Å². The van der Waals surface area contributed by atoms with Gasteiger partial charge in [0.15, 0.2) is 5.82 Å². The third-order valence-electron chi connectivity index (χ3n) is 5.82. The number of likely N-dealkylation sites (tertiary alicyclic amines) is 1. The van der Waals surface area contributed by atoms with Crippen LogP contribution in [0.15, 0.2) is 28.8 Å². The lowest BCUT2D eigenvalue weighted by atomic mass is 10.00. The third-order valence-corrected chi connectivity index (χ3v) is 7.03. The Morgan fingerprint density at radius 3 is 2.87 bits per heavy atom. The number of aryl methyl sites for hydroxylation is 1. The largest absolute Gasteiger partial charge is 0.354 e. The van der Waals surface area contributed by atoms with Crippen LogP contribution in [0, 0.1) is 0 Å². The van der Waals surface area contributed by atoms with Gasteiger partial charge in [-0.25, -0.2) is 0 Å². The molecule has 1 aromatic carbocycles. The Morgan fingerprint density at radius 2 is 2.13 bits per heavy atom. The standard InChI is InChI=1S/C23H28N4O3S/c1-14(2)22-25-19(30-26-22)10-11-20(28)27-12-6-7-15(27)13-17-16-8-4-5-9-18(16)31-21(17)23(29)24-3/h4-5,8-9,14-15H,6-7,10-13H2,1-3H3,(H,24,29)/t15-/m0/s1. The van der Waals surface area contributed by atoms with Crippen molar-refractivity contribution in [2.24, 2.45) is 0 Å². The molecule has 1 N–H and O–H groups in total. The van der Waals surface area contributed by atoms with Crippen molar-refractivity contribution in [2.45, 2.75) is 57.9 Å². The summed E-state index contributed by atoms with van der Waals surface area (Å²) in [5.41, 5.74) is 1.04. The molecule has 0 unspecified atom stereocenters. The monoisotopic (exact) mass is 440 g/mol. The minimum Gasteiger partial charge on any atom is -0.354 e. The van der Waals surface area contributed by atoms with Gasteiger partial charge in [-0.05, 0) is 36.3 Å². The van der Waals surface area contributed by atoms with Crippen molar-refractivity contribution in [1.82, 2.24) is 20.4 Å². The van der Waals surface area contributed by atoms with Crippen LogP contribution in [0.25, 0.3) is 10.1 Å². The van der Waals surface area contributed by atoms with Crippen LogP contribution in [0.5, 0.6) is 0 Å². The first kappa shape index (κ1) is 21.5. The highest BCUT2D eigenvalue weighted by molar-refractivity contribution is 7.21. The normalized spacial score (nSPS) is 16.4. The van der Waals surface area contributed by atoms with Crippen molar-refractivity contribution < 1.29 is 14.1 Å². The third kappa shape index (κ3) is 4.49. The van der Waals surface area contributed by atoms with Gasteiger partial charge in [-0.1, -0.05) is 37.2 Å². The van der Waals surface area contributed by atoms with Gasteiger partial charge in [0, 0.05) is 43.1 Å². The SMILES string of the molecule is CNC(=O)c1sc2ccccc2c1C[C@@H]1CCCN1C(=O)CCc1nc(C(C)C)no1. The molecular formula is C23H28N4O3S. The number of carbonyl (C=O) groups excluding carboxylic acids is 2. The summed E-state index contributed by atoms with van der Waals surface area (Å²) < 4.78 is 6.38. The van der Waals surface area contributed by atoms with Crippen molar-refractivity contribution in [3.8, 4) is 0 Å². The van der Waals surface area contributed by atoms with Crippen LogP contribution in [0.1, 0.15) is 66.0 Å². The van der Waals surface area contributed by atoms with Crippen LogP contribution in [0.3, 0.4) is 0 Å². The van der Waals surface area contributed by atoms with E-state index in [1.54, 1.807) is 7.05 Å². The topological polar surface area (TPSA) is 88.3 Å². The molecule has 1 aliphatic rings. The lowest BCUT2D eigenvalue weighted by Crippen LogP contribution is -2.37. The molecule has 0 radical (unpaired) electrons. The summed E-state index contributed by atoms with van der Waals surface area (Å²) in [4.78, 5) is 32.6. The minimum absolute atomic E-state index is 0.0653. The molecule has 31 heavy (non-hydrogen) atoms. The molecule has 3 heterocycles. The van der Waals surface area contributed by atoms with Crippen LogP contribution in [-0.4, -0.2) is 46.5 Å². The summed E-state index contributed by atoms with van der Waals surface area (Å²) in [7, 11) is 1.66. The van der Waals surface area contributed by atoms with E-state index in [0.29, 0.717) is 31.0 Å². The molecule has 2 amide bonds. The fraction of sp³-hybridized carbons (Fsp3) is 0.478. The summed E-state index contributed by atoms with van der Waals surface area (Å²) in [6.07, 6.45) is 3.42. The van der Waals surface area contributed by atoms with Gasteiger partial charge >= 0.3 is 0 Å². The van der Waals surface area contributed by atoms with E-state index in [2.05, 4.69) is 21.5 Å². The number of hydrogen-bond donors (Lipinski definition) is 1. The van der Waals surface area contributed by atoms with Gasteiger partial charge in [-0.3, -0.25) is 9.59 Å². The molecule has 3 aromatic rings. The molecule has 1 aliphatic heterocycles. The number of hydrogen-bond acceptors (Lipinski definition) is 6. The molecular weight excluding hydrogens is 412 g/mol. The average molecular weight is 441 g/mol. The summed E-state index contributed by atoms with van der Waals surface area (Å²) in [6, 6.07) is 8.20. The number of nitrogens with one attached hydrogen (secondary N) is 1. The van der Waals surface area contributed by atoms with E-state index in [-0.39, 0.29) is 23.8 Å². The molecule has 2 aromatic heterocycles. The number of nitrogens with zero attached hydrogens (tertiary/aromatic N) is 3. The Kier molecular flexibility index (Phi) is 6.36. The Labute approximate surface area is 185 Å². The van der Waals surface area contributed by atoms with Gasteiger partial charge in [0.05, 0.1) is 4.88 Å². The number of amides is 2. The molecule has 0 saturated carbocycles. The van der Waals surface area contributed by atoms with Crippen LogP contribution in [0.2, 0.25) is 0 Å². The number of benzene rings is 1. The van der Waals surface area contributed by atoms with E-state index in [1.807, 2.05) is 36.9 Å². The molecule has 0 bridgehead atoms. The summed E-state index contributed by atoms with van der Waals surface area (Å²) in [5.74, 6) is 1.43.